The number of anilines is 1. The second kappa shape index (κ2) is 11.0. The maximum atomic E-state index is 5.62. The fraction of sp³-hybridized carbons (Fsp3) is 0.381. The van der Waals surface area contributed by atoms with Crippen LogP contribution in [0, 0.1) is 0 Å². The Balaban J connectivity index is 1.92. The number of benzene rings is 2. The quantitative estimate of drug-likeness (QED) is 0.519. The van der Waals surface area contributed by atoms with Crippen molar-refractivity contribution in [2.24, 2.45) is 4.99 Å². The molecule has 0 spiro atoms. The van der Waals surface area contributed by atoms with E-state index in [9.17, 15) is 0 Å². The van der Waals surface area contributed by atoms with Gasteiger partial charge in [0.2, 0.25) is 0 Å². The Kier molecular flexibility index (Phi) is 8.29. The smallest absolute Gasteiger partial charge is 0.195 e. The predicted octanol–water partition coefficient (Wildman–Crippen LogP) is 3.72. The third kappa shape index (κ3) is 6.40. The van der Waals surface area contributed by atoms with Gasteiger partial charge in [-0.15, -0.1) is 0 Å². The first kappa shape index (κ1) is 20.4. The van der Waals surface area contributed by atoms with Gasteiger partial charge in [-0.3, -0.25) is 4.99 Å². The zero-order valence-electron chi connectivity index (χ0n) is 16.5. The lowest BCUT2D eigenvalue weighted by Crippen LogP contribution is -2.32. The standard InChI is InChI=1S/C21H29N3O3/c1-5-26-18-9-7-8-16(14-18)12-13-23-21(22-3)24-17-10-11-19(25-4)20(15-17)27-6-2/h7-11,14-15H,5-6,12-13H2,1-4H3,(H2,22,23,24). The van der Waals surface area contributed by atoms with Crippen LogP contribution in [0.5, 0.6) is 17.2 Å². The summed E-state index contributed by atoms with van der Waals surface area (Å²) in [6.45, 7) is 5.93. The molecule has 0 aliphatic rings. The Bertz CT molecular complexity index is 747. The van der Waals surface area contributed by atoms with Crippen molar-refractivity contribution in [2.45, 2.75) is 20.3 Å². The van der Waals surface area contributed by atoms with Crippen molar-refractivity contribution < 1.29 is 14.2 Å². The summed E-state index contributed by atoms with van der Waals surface area (Å²) < 4.78 is 16.5. The van der Waals surface area contributed by atoms with Crippen LogP contribution < -0.4 is 24.8 Å². The van der Waals surface area contributed by atoms with Crippen molar-refractivity contribution in [2.75, 3.05) is 39.2 Å². The molecular weight excluding hydrogens is 342 g/mol. The van der Waals surface area contributed by atoms with Crippen LogP contribution in [0.4, 0.5) is 5.69 Å². The Morgan fingerprint density at radius 1 is 1.00 bits per heavy atom. The molecule has 146 valence electrons. The van der Waals surface area contributed by atoms with Crippen molar-refractivity contribution in [3.8, 4) is 17.2 Å². The summed E-state index contributed by atoms with van der Waals surface area (Å²) in [7, 11) is 3.38. The molecule has 27 heavy (non-hydrogen) atoms. The number of guanidine groups is 1. The van der Waals surface area contributed by atoms with Crippen LogP contribution in [-0.2, 0) is 6.42 Å². The van der Waals surface area contributed by atoms with Crippen LogP contribution in [-0.4, -0.2) is 39.9 Å². The molecule has 6 nitrogen and oxygen atoms in total. The van der Waals surface area contributed by atoms with E-state index in [4.69, 9.17) is 14.2 Å². The summed E-state index contributed by atoms with van der Waals surface area (Å²) in [5, 5.41) is 6.60. The van der Waals surface area contributed by atoms with Gasteiger partial charge in [0.25, 0.3) is 0 Å². The highest BCUT2D eigenvalue weighted by Gasteiger charge is 2.07. The van der Waals surface area contributed by atoms with Gasteiger partial charge in [-0.2, -0.15) is 0 Å². The van der Waals surface area contributed by atoms with Crippen molar-refractivity contribution in [3.05, 3.63) is 48.0 Å². The van der Waals surface area contributed by atoms with E-state index in [0.29, 0.717) is 30.7 Å². The lowest BCUT2D eigenvalue weighted by Gasteiger charge is -2.15. The van der Waals surface area contributed by atoms with E-state index in [2.05, 4.69) is 27.8 Å². The summed E-state index contributed by atoms with van der Waals surface area (Å²) in [4.78, 5) is 4.28. The molecule has 6 heteroatoms. The molecule has 0 unspecified atom stereocenters. The summed E-state index contributed by atoms with van der Waals surface area (Å²) in [5.74, 6) is 3.01. The second-order valence-electron chi connectivity index (χ2n) is 5.75. The molecule has 0 fully saturated rings. The van der Waals surface area contributed by atoms with Crippen LogP contribution >= 0.6 is 0 Å². The zero-order valence-corrected chi connectivity index (χ0v) is 16.5. The summed E-state index contributed by atoms with van der Waals surface area (Å²) in [6.07, 6.45) is 0.869. The number of rotatable bonds is 9. The van der Waals surface area contributed by atoms with Crippen LogP contribution in [0.2, 0.25) is 0 Å². The van der Waals surface area contributed by atoms with E-state index in [0.717, 1.165) is 24.4 Å². The second-order valence-corrected chi connectivity index (χ2v) is 5.75. The van der Waals surface area contributed by atoms with E-state index in [-0.39, 0.29) is 0 Å². The largest absolute Gasteiger partial charge is 0.494 e. The molecule has 0 radical (unpaired) electrons. The number of methoxy groups -OCH3 is 1. The van der Waals surface area contributed by atoms with Gasteiger partial charge < -0.3 is 24.8 Å². The third-order valence-electron chi connectivity index (χ3n) is 3.87. The minimum Gasteiger partial charge on any atom is -0.494 e. The van der Waals surface area contributed by atoms with Crippen LogP contribution in [0.15, 0.2) is 47.5 Å². The molecule has 0 aliphatic heterocycles. The Morgan fingerprint density at radius 2 is 1.81 bits per heavy atom. The minimum atomic E-state index is 0.577. The van der Waals surface area contributed by atoms with Gasteiger partial charge in [0, 0.05) is 25.3 Å². The van der Waals surface area contributed by atoms with Crippen molar-refractivity contribution >= 4 is 11.6 Å². The van der Waals surface area contributed by atoms with E-state index in [1.165, 1.54) is 5.56 Å². The molecule has 0 saturated carbocycles. The molecule has 0 bridgehead atoms. The van der Waals surface area contributed by atoms with Gasteiger partial charge in [-0.1, -0.05) is 12.1 Å². The van der Waals surface area contributed by atoms with Gasteiger partial charge >= 0.3 is 0 Å². The van der Waals surface area contributed by atoms with E-state index in [1.807, 2.05) is 44.2 Å². The third-order valence-corrected chi connectivity index (χ3v) is 3.87. The molecular formula is C21H29N3O3. The summed E-state index contributed by atoms with van der Waals surface area (Å²) in [5.41, 5.74) is 2.10. The van der Waals surface area contributed by atoms with Gasteiger partial charge in [0.15, 0.2) is 17.5 Å². The zero-order chi connectivity index (χ0) is 19.5. The molecule has 0 aromatic heterocycles. The topological polar surface area (TPSA) is 64.1 Å². The van der Waals surface area contributed by atoms with E-state index >= 15 is 0 Å². The Labute approximate surface area is 161 Å². The van der Waals surface area contributed by atoms with Gasteiger partial charge in [-0.25, -0.2) is 0 Å². The lowest BCUT2D eigenvalue weighted by atomic mass is 10.1. The van der Waals surface area contributed by atoms with Crippen molar-refractivity contribution in [1.29, 1.82) is 0 Å². The number of nitrogens with zero attached hydrogens (tertiary/aromatic N) is 1. The molecule has 0 amide bonds. The first-order chi connectivity index (χ1) is 13.2. The predicted molar refractivity (Wildman–Crippen MR) is 110 cm³/mol. The Hall–Kier alpha value is -2.89. The van der Waals surface area contributed by atoms with Gasteiger partial charge in [0.1, 0.15) is 5.75 Å². The number of hydrogen-bond acceptors (Lipinski definition) is 4. The number of aliphatic imine (C=N–C) groups is 1. The molecule has 2 N–H and O–H groups in total. The highest BCUT2D eigenvalue weighted by atomic mass is 16.5. The first-order valence-corrected chi connectivity index (χ1v) is 9.20. The molecule has 2 aromatic rings. The maximum Gasteiger partial charge on any atom is 0.195 e. The van der Waals surface area contributed by atoms with Crippen LogP contribution in [0.3, 0.4) is 0 Å². The number of nitrogens with one attached hydrogen (secondary N) is 2. The summed E-state index contributed by atoms with van der Waals surface area (Å²) in [6, 6.07) is 13.9. The molecule has 2 aromatic carbocycles. The molecule has 2 rings (SSSR count). The highest BCUT2D eigenvalue weighted by molar-refractivity contribution is 5.93. The average Bonchev–Trinajstić information content (AvgIpc) is 2.68. The molecule has 0 heterocycles. The van der Waals surface area contributed by atoms with Crippen molar-refractivity contribution in [3.63, 3.8) is 0 Å². The lowest BCUT2D eigenvalue weighted by molar-refractivity contribution is 0.311. The monoisotopic (exact) mass is 371 g/mol. The minimum absolute atomic E-state index is 0.577. The van der Waals surface area contributed by atoms with E-state index in [1.54, 1.807) is 14.2 Å². The molecule has 0 aliphatic carbocycles. The van der Waals surface area contributed by atoms with Gasteiger partial charge in [0.05, 0.1) is 20.3 Å². The number of hydrogen-bond donors (Lipinski definition) is 2. The van der Waals surface area contributed by atoms with Crippen LogP contribution in [0.25, 0.3) is 0 Å². The SMILES string of the molecule is CCOc1cccc(CCNC(=NC)Nc2ccc(OC)c(OCC)c2)c1. The molecule has 0 saturated heterocycles. The Morgan fingerprint density at radius 3 is 2.52 bits per heavy atom. The summed E-state index contributed by atoms with van der Waals surface area (Å²) >= 11 is 0. The van der Waals surface area contributed by atoms with Crippen LogP contribution in [0.1, 0.15) is 19.4 Å². The molecule has 0 atom stereocenters. The normalized spacial score (nSPS) is 11.0. The average molecular weight is 371 g/mol. The van der Waals surface area contributed by atoms with Crippen molar-refractivity contribution in [1.82, 2.24) is 5.32 Å². The first-order valence-electron chi connectivity index (χ1n) is 9.20. The fourth-order valence-electron chi connectivity index (χ4n) is 2.62. The van der Waals surface area contributed by atoms with Gasteiger partial charge in [-0.05, 0) is 50.1 Å². The maximum absolute atomic E-state index is 5.62. The fourth-order valence-corrected chi connectivity index (χ4v) is 2.62. The highest BCUT2D eigenvalue weighted by Crippen LogP contribution is 2.30. The number of ether oxygens (including phenoxy) is 3. The van der Waals surface area contributed by atoms with E-state index < -0.39 is 0 Å².